The highest BCUT2D eigenvalue weighted by atomic mass is 79.9. The van der Waals surface area contributed by atoms with Gasteiger partial charge in [-0.3, -0.25) is 0 Å². The Bertz CT molecular complexity index is 1020. The predicted octanol–water partition coefficient (Wildman–Crippen LogP) is 5.37. The summed E-state index contributed by atoms with van der Waals surface area (Å²) in [5.74, 6) is -0.0347. The van der Waals surface area contributed by atoms with Crippen LogP contribution in [0.15, 0.2) is 46.3 Å². The predicted molar refractivity (Wildman–Crippen MR) is 107 cm³/mol. The summed E-state index contributed by atoms with van der Waals surface area (Å²) in [4.78, 5) is 16.9. The van der Waals surface area contributed by atoms with Gasteiger partial charge in [0.05, 0.1) is 22.7 Å². The van der Waals surface area contributed by atoms with Gasteiger partial charge in [0.2, 0.25) is 0 Å². The smallest absolute Gasteiger partial charge is 0.363 e. The molecule has 0 aliphatic rings. The van der Waals surface area contributed by atoms with Gasteiger partial charge < -0.3 is 9.47 Å². The molecule has 0 saturated heterocycles. The SMILES string of the molecule is CCOc1cc(C#N)cc(Br)c1OC(=O)c1csc(-c2ccc(C)cc2)n1. The van der Waals surface area contributed by atoms with Gasteiger partial charge in [0, 0.05) is 17.0 Å². The van der Waals surface area contributed by atoms with E-state index in [-0.39, 0.29) is 11.4 Å². The number of carbonyl (C=O) groups excluding carboxylic acids is 1. The van der Waals surface area contributed by atoms with Crippen LogP contribution in [0.3, 0.4) is 0 Å². The van der Waals surface area contributed by atoms with Crippen molar-refractivity contribution in [2.45, 2.75) is 13.8 Å². The van der Waals surface area contributed by atoms with E-state index in [0.717, 1.165) is 16.1 Å². The molecule has 0 fully saturated rings. The largest absolute Gasteiger partial charge is 0.490 e. The Balaban J connectivity index is 1.86. The van der Waals surface area contributed by atoms with Crippen LogP contribution >= 0.6 is 27.3 Å². The van der Waals surface area contributed by atoms with Crippen LogP contribution in [0.25, 0.3) is 10.6 Å². The van der Waals surface area contributed by atoms with E-state index < -0.39 is 5.97 Å². The lowest BCUT2D eigenvalue weighted by Gasteiger charge is -2.12. The average Bonchev–Trinajstić information content (AvgIpc) is 3.15. The highest BCUT2D eigenvalue weighted by Gasteiger charge is 2.19. The average molecular weight is 443 g/mol. The summed E-state index contributed by atoms with van der Waals surface area (Å²) in [6.07, 6.45) is 0. The molecule has 2 aromatic carbocycles. The number of hydrogen-bond donors (Lipinski definition) is 0. The van der Waals surface area contributed by atoms with Gasteiger partial charge in [0.1, 0.15) is 5.01 Å². The second-order valence-corrected chi connectivity index (χ2v) is 7.34. The summed E-state index contributed by atoms with van der Waals surface area (Å²) in [7, 11) is 0. The van der Waals surface area contributed by atoms with Gasteiger partial charge in [-0.1, -0.05) is 29.8 Å². The molecule has 0 aliphatic carbocycles. The van der Waals surface area contributed by atoms with E-state index in [9.17, 15) is 4.79 Å². The fraction of sp³-hybridized carbons (Fsp3) is 0.150. The van der Waals surface area contributed by atoms with Gasteiger partial charge in [-0.05, 0) is 35.8 Å². The first-order valence-corrected chi connectivity index (χ1v) is 9.80. The fourth-order valence-electron chi connectivity index (χ4n) is 2.34. The third-order valence-electron chi connectivity index (χ3n) is 3.65. The van der Waals surface area contributed by atoms with Crippen molar-refractivity contribution in [3.8, 4) is 28.1 Å². The van der Waals surface area contributed by atoms with Crippen LogP contribution in [-0.4, -0.2) is 17.6 Å². The van der Waals surface area contributed by atoms with Crippen molar-refractivity contribution in [1.29, 1.82) is 5.26 Å². The molecule has 3 rings (SSSR count). The van der Waals surface area contributed by atoms with Gasteiger partial charge in [-0.2, -0.15) is 5.26 Å². The van der Waals surface area contributed by atoms with E-state index in [1.165, 1.54) is 17.4 Å². The van der Waals surface area contributed by atoms with Crippen molar-refractivity contribution in [2.24, 2.45) is 0 Å². The third-order valence-corrected chi connectivity index (χ3v) is 5.13. The number of nitriles is 1. The molecule has 0 unspecified atom stereocenters. The minimum Gasteiger partial charge on any atom is -0.490 e. The second-order valence-electron chi connectivity index (χ2n) is 5.62. The number of nitrogens with zero attached hydrogens (tertiary/aromatic N) is 2. The van der Waals surface area contributed by atoms with Crippen LogP contribution in [0.5, 0.6) is 11.5 Å². The molecule has 0 aliphatic heterocycles. The molecule has 1 heterocycles. The van der Waals surface area contributed by atoms with E-state index in [2.05, 4.69) is 20.9 Å². The zero-order valence-corrected chi connectivity index (χ0v) is 17.1. The standard InChI is InChI=1S/C20H15BrN2O3S/c1-3-25-17-9-13(10-22)8-15(21)18(17)26-20(24)16-11-27-19(23-16)14-6-4-12(2)5-7-14/h4-9,11H,3H2,1-2H3. The number of halogens is 1. The first-order valence-electron chi connectivity index (χ1n) is 8.13. The Morgan fingerprint density at radius 1 is 1.30 bits per heavy atom. The van der Waals surface area contributed by atoms with E-state index in [1.807, 2.05) is 44.2 Å². The number of benzene rings is 2. The zero-order chi connectivity index (χ0) is 19.4. The van der Waals surface area contributed by atoms with Gasteiger partial charge >= 0.3 is 5.97 Å². The van der Waals surface area contributed by atoms with Crippen molar-refractivity contribution in [3.05, 3.63) is 63.1 Å². The molecule has 0 saturated carbocycles. The van der Waals surface area contributed by atoms with Gasteiger partial charge in [0.15, 0.2) is 17.2 Å². The number of hydrogen-bond acceptors (Lipinski definition) is 6. The van der Waals surface area contributed by atoms with E-state index in [1.54, 1.807) is 11.4 Å². The summed E-state index contributed by atoms with van der Waals surface area (Å²) in [6.45, 7) is 4.20. The van der Waals surface area contributed by atoms with Crippen LogP contribution in [-0.2, 0) is 0 Å². The lowest BCUT2D eigenvalue weighted by molar-refractivity contribution is 0.0722. The number of carbonyl (C=O) groups is 1. The molecule has 27 heavy (non-hydrogen) atoms. The molecular weight excluding hydrogens is 428 g/mol. The minimum atomic E-state index is -0.587. The van der Waals surface area contributed by atoms with Crippen molar-refractivity contribution in [3.63, 3.8) is 0 Å². The number of aromatic nitrogens is 1. The van der Waals surface area contributed by atoms with Crippen LogP contribution in [0.1, 0.15) is 28.5 Å². The highest BCUT2D eigenvalue weighted by molar-refractivity contribution is 9.10. The van der Waals surface area contributed by atoms with Crippen LogP contribution in [0.4, 0.5) is 0 Å². The number of aryl methyl sites for hydroxylation is 1. The highest BCUT2D eigenvalue weighted by Crippen LogP contribution is 2.37. The fourth-order valence-corrected chi connectivity index (χ4v) is 3.65. The summed E-state index contributed by atoms with van der Waals surface area (Å²) in [5, 5.41) is 11.5. The molecule has 0 N–H and O–H groups in total. The number of ether oxygens (including phenoxy) is 2. The topological polar surface area (TPSA) is 72.2 Å². The first kappa shape index (κ1) is 19.1. The van der Waals surface area contributed by atoms with Gasteiger partial charge in [0.25, 0.3) is 0 Å². The molecule has 0 bridgehead atoms. The molecule has 7 heteroatoms. The van der Waals surface area contributed by atoms with E-state index >= 15 is 0 Å². The molecule has 3 aromatic rings. The maximum atomic E-state index is 12.6. The number of rotatable bonds is 5. The van der Waals surface area contributed by atoms with Crippen molar-refractivity contribution in [1.82, 2.24) is 4.98 Å². The summed E-state index contributed by atoms with van der Waals surface area (Å²) < 4.78 is 11.5. The maximum Gasteiger partial charge on any atom is 0.363 e. The van der Waals surface area contributed by atoms with E-state index in [4.69, 9.17) is 14.7 Å². The summed E-state index contributed by atoms with van der Waals surface area (Å²) in [5.41, 5.74) is 2.72. The molecule has 0 spiro atoms. The molecule has 1 aromatic heterocycles. The quantitative estimate of drug-likeness (QED) is 0.392. The second kappa shape index (κ2) is 8.33. The lowest BCUT2D eigenvalue weighted by atomic mass is 10.2. The van der Waals surface area contributed by atoms with Crippen LogP contribution in [0.2, 0.25) is 0 Å². The van der Waals surface area contributed by atoms with E-state index in [0.29, 0.717) is 22.4 Å². The first-order chi connectivity index (χ1) is 13.0. The molecule has 0 amide bonds. The number of thiazole rings is 1. The summed E-state index contributed by atoms with van der Waals surface area (Å²) >= 11 is 4.71. The van der Waals surface area contributed by atoms with Crippen molar-refractivity contribution < 1.29 is 14.3 Å². The molecular formula is C20H15BrN2O3S. The Kier molecular flexibility index (Phi) is 5.89. The molecule has 136 valence electrons. The molecule has 0 radical (unpaired) electrons. The van der Waals surface area contributed by atoms with Crippen molar-refractivity contribution in [2.75, 3.05) is 6.61 Å². The van der Waals surface area contributed by atoms with Crippen molar-refractivity contribution >= 4 is 33.2 Å². The normalized spacial score (nSPS) is 10.3. The van der Waals surface area contributed by atoms with Crippen LogP contribution in [0, 0.1) is 18.3 Å². The molecule has 0 atom stereocenters. The lowest BCUT2D eigenvalue weighted by Crippen LogP contribution is -2.11. The number of esters is 1. The zero-order valence-electron chi connectivity index (χ0n) is 14.7. The minimum absolute atomic E-state index is 0.217. The Hall–Kier alpha value is -2.69. The Morgan fingerprint density at radius 3 is 2.70 bits per heavy atom. The third kappa shape index (κ3) is 4.35. The van der Waals surface area contributed by atoms with Crippen LogP contribution < -0.4 is 9.47 Å². The van der Waals surface area contributed by atoms with Gasteiger partial charge in [-0.15, -0.1) is 11.3 Å². The Labute approximate surface area is 169 Å². The molecule has 5 nitrogen and oxygen atoms in total. The monoisotopic (exact) mass is 442 g/mol. The Morgan fingerprint density at radius 2 is 2.04 bits per heavy atom. The maximum absolute atomic E-state index is 12.6. The van der Waals surface area contributed by atoms with Gasteiger partial charge in [-0.25, -0.2) is 9.78 Å². The summed E-state index contributed by atoms with van der Waals surface area (Å²) in [6, 6.07) is 13.1.